The molecule has 0 aliphatic rings. The predicted octanol–water partition coefficient (Wildman–Crippen LogP) is 14.3. The Morgan fingerprint density at radius 1 is 0.300 bits per heavy atom. The molecule has 0 amide bonds. The van der Waals surface area contributed by atoms with E-state index in [4.69, 9.17) is 0 Å². The molecule has 1 N–H and O–H groups in total. The van der Waals surface area contributed by atoms with E-state index < -0.39 is 0 Å². The van der Waals surface area contributed by atoms with E-state index in [0.29, 0.717) is 5.54 Å². The first kappa shape index (κ1) is 40.0. The molecule has 1 nitrogen and oxygen atoms in total. The highest BCUT2D eigenvalue weighted by Crippen LogP contribution is 2.18. The topological polar surface area (TPSA) is 12.0 Å². The third kappa shape index (κ3) is 34.2. The quantitative estimate of drug-likeness (QED) is 0.0756. The molecule has 0 saturated heterocycles. The van der Waals surface area contributed by atoms with Crippen LogP contribution in [0, 0.1) is 0 Å². The van der Waals surface area contributed by atoms with E-state index in [1.807, 2.05) is 0 Å². The molecular formula is C39H81N. The van der Waals surface area contributed by atoms with Crippen LogP contribution < -0.4 is 5.32 Å². The summed E-state index contributed by atoms with van der Waals surface area (Å²) >= 11 is 0. The molecule has 242 valence electrons. The standard InChI is InChI=1S/C39H81N/c1-5-7-9-11-13-15-17-19-21-23-25-27-29-31-33-35-37-39(3,4)40-38-36-34-32-30-28-26-24-22-20-18-16-14-12-10-8-6-2/h40H,5-38H2,1-4H3. The second kappa shape index (κ2) is 33.5. The van der Waals surface area contributed by atoms with Gasteiger partial charge in [-0.15, -0.1) is 0 Å². The average molecular weight is 564 g/mol. The number of rotatable bonds is 35. The molecule has 0 radical (unpaired) electrons. The molecule has 0 spiro atoms. The normalized spacial score (nSPS) is 12.0. The van der Waals surface area contributed by atoms with Crippen molar-refractivity contribution in [2.75, 3.05) is 6.54 Å². The fourth-order valence-electron chi connectivity index (χ4n) is 6.30. The van der Waals surface area contributed by atoms with Crippen LogP contribution in [0.3, 0.4) is 0 Å². The summed E-state index contributed by atoms with van der Waals surface area (Å²) in [6.45, 7) is 10.7. The van der Waals surface area contributed by atoms with Crippen LogP contribution in [0.25, 0.3) is 0 Å². The van der Waals surface area contributed by atoms with E-state index in [-0.39, 0.29) is 0 Å². The Hall–Kier alpha value is -0.0400. The highest BCUT2D eigenvalue weighted by molar-refractivity contribution is 4.77. The lowest BCUT2D eigenvalue weighted by molar-refractivity contribution is 0.342. The van der Waals surface area contributed by atoms with Gasteiger partial charge in [-0.2, -0.15) is 0 Å². The maximum absolute atomic E-state index is 3.86. The fourth-order valence-corrected chi connectivity index (χ4v) is 6.30. The average Bonchev–Trinajstić information content (AvgIpc) is 2.94. The molecule has 0 saturated carbocycles. The van der Waals surface area contributed by atoms with Crippen molar-refractivity contribution in [1.29, 1.82) is 0 Å². The highest BCUT2D eigenvalue weighted by Gasteiger charge is 2.15. The molecule has 0 heterocycles. The van der Waals surface area contributed by atoms with Crippen molar-refractivity contribution in [2.24, 2.45) is 0 Å². The molecule has 40 heavy (non-hydrogen) atoms. The summed E-state index contributed by atoms with van der Waals surface area (Å²) in [4.78, 5) is 0. The van der Waals surface area contributed by atoms with Crippen molar-refractivity contribution in [3.63, 3.8) is 0 Å². The Bertz CT molecular complexity index is 442. The van der Waals surface area contributed by atoms with Gasteiger partial charge in [0.1, 0.15) is 0 Å². The smallest absolute Gasteiger partial charge is 0.0125 e. The van der Waals surface area contributed by atoms with Crippen LogP contribution in [0.2, 0.25) is 0 Å². The van der Waals surface area contributed by atoms with Gasteiger partial charge in [-0.25, -0.2) is 0 Å². The Labute approximate surface area is 256 Å². The van der Waals surface area contributed by atoms with Crippen molar-refractivity contribution in [3.8, 4) is 0 Å². The first-order chi connectivity index (χ1) is 19.6. The summed E-state index contributed by atoms with van der Waals surface area (Å²) in [6.07, 6.45) is 47.9. The Balaban J connectivity index is 3.26. The van der Waals surface area contributed by atoms with Gasteiger partial charge in [0.2, 0.25) is 0 Å². The fraction of sp³-hybridized carbons (Fsp3) is 1.00. The minimum absolute atomic E-state index is 0.325. The minimum atomic E-state index is 0.325. The van der Waals surface area contributed by atoms with Gasteiger partial charge < -0.3 is 5.32 Å². The molecule has 0 bridgehead atoms. The summed E-state index contributed by atoms with van der Waals surface area (Å²) in [5.74, 6) is 0. The number of unbranched alkanes of at least 4 members (excludes halogenated alkanes) is 30. The summed E-state index contributed by atoms with van der Waals surface area (Å²) in [6, 6.07) is 0. The molecule has 0 rings (SSSR count). The SMILES string of the molecule is CCCCCCCCCCCCCCCCCCNC(C)(C)CCCCCCCCCCCCCCCCCC. The maximum atomic E-state index is 3.86. The summed E-state index contributed by atoms with van der Waals surface area (Å²) < 4.78 is 0. The minimum Gasteiger partial charge on any atom is -0.312 e. The molecule has 0 aromatic heterocycles. The Morgan fingerprint density at radius 2 is 0.525 bits per heavy atom. The molecule has 0 aromatic rings. The number of nitrogens with one attached hydrogen (secondary N) is 1. The molecule has 0 aliphatic heterocycles. The predicted molar refractivity (Wildman–Crippen MR) is 186 cm³/mol. The van der Waals surface area contributed by atoms with E-state index in [9.17, 15) is 0 Å². The first-order valence-electron chi connectivity index (χ1n) is 19.4. The van der Waals surface area contributed by atoms with Gasteiger partial charge in [0.25, 0.3) is 0 Å². The third-order valence-corrected chi connectivity index (χ3v) is 9.29. The van der Waals surface area contributed by atoms with E-state index in [2.05, 4.69) is 33.0 Å². The van der Waals surface area contributed by atoms with Gasteiger partial charge in [-0.3, -0.25) is 0 Å². The summed E-state index contributed by atoms with van der Waals surface area (Å²) in [5, 5.41) is 3.86. The van der Waals surface area contributed by atoms with E-state index in [0.717, 1.165) is 0 Å². The van der Waals surface area contributed by atoms with E-state index >= 15 is 0 Å². The summed E-state index contributed by atoms with van der Waals surface area (Å²) in [7, 11) is 0. The largest absolute Gasteiger partial charge is 0.312 e. The van der Waals surface area contributed by atoms with Crippen molar-refractivity contribution < 1.29 is 0 Å². The van der Waals surface area contributed by atoms with E-state index in [1.54, 1.807) is 0 Å². The van der Waals surface area contributed by atoms with Crippen LogP contribution in [0.1, 0.15) is 240 Å². The highest BCUT2D eigenvalue weighted by atomic mass is 14.9. The van der Waals surface area contributed by atoms with Crippen LogP contribution in [0.5, 0.6) is 0 Å². The molecule has 0 aromatic carbocycles. The third-order valence-electron chi connectivity index (χ3n) is 9.29. The lowest BCUT2D eigenvalue weighted by atomic mass is 9.95. The van der Waals surface area contributed by atoms with Crippen molar-refractivity contribution in [3.05, 3.63) is 0 Å². The van der Waals surface area contributed by atoms with Crippen LogP contribution in [0.15, 0.2) is 0 Å². The first-order valence-corrected chi connectivity index (χ1v) is 19.4. The molecule has 0 aliphatic carbocycles. The zero-order valence-corrected chi connectivity index (χ0v) is 29.0. The van der Waals surface area contributed by atoms with Gasteiger partial charge in [-0.05, 0) is 33.2 Å². The monoisotopic (exact) mass is 564 g/mol. The van der Waals surface area contributed by atoms with Crippen molar-refractivity contribution in [2.45, 2.75) is 245 Å². The van der Waals surface area contributed by atoms with Gasteiger partial charge in [0, 0.05) is 5.54 Å². The Kier molecular flexibility index (Phi) is 33.4. The molecule has 0 unspecified atom stereocenters. The molecule has 1 heteroatoms. The lowest BCUT2D eigenvalue weighted by Gasteiger charge is -2.26. The van der Waals surface area contributed by atoms with Gasteiger partial charge in [0.05, 0.1) is 0 Å². The number of hydrogen-bond donors (Lipinski definition) is 1. The number of hydrogen-bond acceptors (Lipinski definition) is 1. The Morgan fingerprint density at radius 3 is 0.800 bits per heavy atom. The summed E-state index contributed by atoms with van der Waals surface area (Å²) in [5.41, 5.74) is 0.325. The van der Waals surface area contributed by atoms with Gasteiger partial charge in [-0.1, -0.05) is 213 Å². The second-order valence-corrected chi connectivity index (χ2v) is 14.2. The van der Waals surface area contributed by atoms with Crippen LogP contribution in [-0.4, -0.2) is 12.1 Å². The lowest BCUT2D eigenvalue weighted by Crippen LogP contribution is -2.39. The van der Waals surface area contributed by atoms with E-state index in [1.165, 1.54) is 218 Å². The van der Waals surface area contributed by atoms with Crippen LogP contribution in [-0.2, 0) is 0 Å². The maximum Gasteiger partial charge on any atom is 0.0125 e. The molecule has 0 atom stereocenters. The van der Waals surface area contributed by atoms with Crippen molar-refractivity contribution >= 4 is 0 Å². The van der Waals surface area contributed by atoms with Crippen LogP contribution in [0.4, 0.5) is 0 Å². The van der Waals surface area contributed by atoms with Gasteiger partial charge >= 0.3 is 0 Å². The zero-order chi connectivity index (χ0) is 29.2. The molecular weight excluding hydrogens is 482 g/mol. The van der Waals surface area contributed by atoms with Gasteiger partial charge in [0.15, 0.2) is 0 Å². The molecule has 0 fully saturated rings. The zero-order valence-electron chi connectivity index (χ0n) is 29.0. The van der Waals surface area contributed by atoms with Crippen molar-refractivity contribution in [1.82, 2.24) is 5.32 Å². The van der Waals surface area contributed by atoms with Crippen LogP contribution >= 0.6 is 0 Å². The second-order valence-electron chi connectivity index (χ2n) is 14.2.